The van der Waals surface area contributed by atoms with Crippen LogP contribution in [0.3, 0.4) is 0 Å². The normalized spacial score (nSPS) is 11.3. The van der Waals surface area contributed by atoms with Gasteiger partial charge in [-0.3, -0.25) is 0 Å². The van der Waals surface area contributed by atoms with Crippen molar-refractivity contribution in [2.75, 3.05) is 0 Å². The quantitative estimate of drug-likeness (QED) is 0.720. The SMILES string of the molecule is CC(C)(C)OC(=O)c1cc(Br)cc(Br)c1. The molecular weight excluding hydrogens is 324 g/mol. The van der Waals surface area contributed by atoms with Crippen LogP contribution >= 0.6 is 31.9 Å². The summed E-state index contributed by atoms with van der Waals surface area (Å²) in [5.41, 5.74) is 0.0671. The predicted molar refractivity (Wildman–Crippen MR) is 67.0 cm³/mol. The van der Waals surface area contributed by atoms with Crippen molar-refractivity contribution in [2.24, 2.45) is 0 Å². The minimum atomic E-state index is -0.466. The van der Waals surface area contributed by atoms with Crippen molar-refractivity contribution in [1.82, 2.24) is 0 Å². The molecule has 0 saturated heterocycles. The van der Waals surface area contributed by atoms with Crippen LogP contribution in [0.5, 0.6) is 0 Å². The van der Waals surface area contributed by atoms with Crippen LogP contribution in [-0.2, 0) is 4.74 Å². The first-order valence-electron chi connectivity index (χ1n) is 4.47. The van der Waals surface area contributed by atoms with Gasteiger partial charge in [-0.05, 0) is 39.0 Å². The van der Waals surface area contributed by atoms with Crippen molar-refractivity contribution in [3.8, 4) is 0 Å². The van der Waals surface area contributed by atoms with Gasteiger partial charge in [0, 0.05) is 8.95 Å². The number of halogens is 2. The summed E-state index contributed by atoms with van der Waals surface area (Å²) in [6.45, 7) is 5.54. The number of esters is 1. The first-order valence-corrected chi connectivity index (χ1v) is 6.06. The van der Waals surface area contributed by atoms with Gasteiger partial charge in [0.05, 0.1) is 5.56 Å². The third kappa shape index (κ3) is 4.34. The molecular formula is C11H12Br2O2. The Labute approximate surface area is 106 Å². The average molecular weight is 336 g/mol. The van der Waals surface area contributed by atoms with Crippen LogP contribution in [-0.4, -0.2) is 11.6 Å². The van der Waals surface area contributed by atoms with E-state index in [0.717, 1.165) is 8.95 Å². The van der Waals surface area contributed by atoms with Crippen molar-refractivity contribution >= 4 is 37.8 Å². The molecule has 4 heteroatoms. The molecule has 0 spiro atoms. The van der Waals surface area contributed by atoms with Gasteiger partial charge in [0.15, 0.2) is 0 Å². The molecule has 1 rings (SSSR count). The number of hydrogen-bond donors (Lipinski definition) is 0. The fraction of sp³-hybridized carbons (Fsp3) is 0.364. The van der Waals surface area contributed by atoms with Crippen LogP contribution in [0.25, 0.3) is 0 Å². The minimum absolute atomic E-state index is 0.315. The molecule has 15 heavy (non-hydrogen) atoms. The second-order valence-electron chi connectivity index (χ2n) is 4.16. The third-order valence-electron chi connectivity index (χ3n) is 1.50. The van der Waals surface area contributed by atoms with Crippen LogP contribution in [0.15, 0.2) is 27.1 Å². The Morgan fingerprint density at radius 2 is 1.60 bits per heavy atom. The predicted octanol–water partition coefficient (Wildman–Crippen LogP) is 4.17. The highest BCUT2D eigenvalue weighted by Gasteiger charge is 2.18. The van der Waals surface area contributed by atoms with E-state index in [0.29, 0.717) is 5.56 Å². The lowest BCUT2D eigenvalue weighted by Crippen LogP contribution is -2.23. The Morgan fingerprint density at radius 1 is 1.13 bits per heavy atom. The van der Waals surface area contributed by atoms with E-state index in [1.54, 1.807) is 12.1 Å². The van der Waals surface area contributed by atoms with Crippen LogP contribution < -0.4 is 0 Å². The lowest BCUT2D eigenvalue weighted by atomic mass is 10.2. The molecule has 0 amide bonds. The van der Waals surface area contributed by atoms with Crippen LogP contribution in [0.2, 0.25) is 0 Å². The molecule has 0 N–H and O–H groups in total. The van der Waals surface area contributed by atoms with Gasteiger partial charge in [0.2, 0.25) is 0 Å². The molecule has 0 heterocycles. The Kier molecular flexibility index (Phi) is 3.95. The maximum Gasteiger partial charge on any atom is 0.338 e. The summed E-state index contributed by atoms with van der Waals surface area (Å²) in [6.07, 6.45) is 0. The smallest absolute Gasteiger partial charge is 0.338 e. The van der Waals surface area contributed by atoms with Crippen molar-refractivity contribution in [1.29, 1.82) is 0 Å². The number of hydrogen-bond acceptors (Lipinski definition) is 2. The number of rotatable bonds is 1. The van der Waals surface area contributed by atoms with E-state index in [-0.39, 0.29) is 5.97 Å². The summed E-state index contributed by atoms with van der Waals surface area (Å²) in [6, 6.07) is 5.34. The van der Waals surface area contributed by atoms with Gasteiger partial charge >= 0.3 is 5.97 Å². The lowest BCUT2D eigenvalue weighted by molar-refractivity contribution is 0.00694. The van der Waals surface area contributed by atoms with Gasteiger partial charge in [0.25, 0.3) is 0 Å². The molecule has 0 fully saturated rings. The zero-order valence-corrected chi connectivity index (χ0v) is 12.0. The van der Waals surface area contributed by atoms with Crippen LogP contribution in [0.1, 0.15) is 31.1 Å². The second kappa shape index (κ2) is 4.66. The number of carbonyl (C=O) groups excluding carboxylic acids is 1. The average Bonchev–Trinajstić information content (AvgIpc) is 1.98. The molecule has 0 aliphatic heterocycles. The molecule has 0 aliphatic carbocycles. The highest BCUT2D eigenvalue weighted by molar-refractivity contribution is 9.11. The summed E-state index contributed by atoms with van der Waals surface area (Å²) in [7, 11) is 0. The summed E-state index contributed by atoms with van der Waals surface area (Å²) in [4.78, 5) is 11.7. The molecule has 0 aliphatic rings. The molecule has 0 aromatic heterocycles. The lowest BCUT2D eigenvalue weighted by Gasteiger charge is -2.19. The Hall–Kier alpha value is -0.350. The maximum absolute atomic E-state index is 11.7. The van der Waals surface area contributed by atoms with Gasteiger partial charge in [-0.25, -0.2) is 4.79 Å². The van der Waals surface area contributed by atoms with Gasteiger partial charge in [-0.1, -0.05) is 31.9 Å². The second-order valence-corrected chi connectivity index (χ2v) is 5.99. The summed E-state index contributed by atoms with van der Waals surface area (Å²) < 4.78 is 6.94. The van der Waals surface area contributed by atoms with Gasteiger partial charge < -0.3 is 4.74 Å². The van der Waals surface area contributed by atoms with Crippen LogP contribution in [0.4, 0.5) is 0 Å². The number of ether oxygens (including phenoxy) is 1. The van der Waals surface area contributed by atoms with E-state index >= 15 is 0 Å². The van der Waals surface area contributed by atoms with E-state index in [9.17, 15) is 4.79 Å². The molecule has 0 radical (unpaired) electrons. The van der Waals surface area contributed by atoms with Gasteiger partial charge in [0.1, 0.15) is 5.60 Å². The maximum atomic E-state index is 11.7. The Balaban J connectivity index is 2.92. The van der Waals surface area contributed by atoms with Crippen molar-refractivity contribution in [2.45, 2.75) is 26.4 Å². The van der Waals surface area contributed by atoms with E-state index in [4.69, 9.17) is 4.74 Å². The number of benzene rings is 1. The molecule has 0 atom stereocenters. The standard InChI is InChI=1S/C11H12Br2O2/c1-11(2,3)15-10(14)7-4-8(12)6-9(13)5-7/h4-6H,1-3H3. The minimum Gasteiger partial charge on any atom is -0.456 e. The third-order valence-corrected chi connectivity index (χ3v) is 2.41. The largest absolute Gasteiger partial charge is 0.456 e. The van der Waals surface area contributed by atoms with E-state index in [1.165, 1.54) is 0 Å². The summed E-state index contributed by atoms with van der Waals surface area (Å²) in [5, 5.41) is 0. The molecule has 0 bridgehead atoms. The fourth-order valence-electron chi connectivity index (χ4n) is 1.01. The highest BCUT2D eigenvalue weighted by atomic mass is 79.9. The summed E-state index contributed by atoms with van der Waals surface area (Å²) in [5.74, 6) is -0.315. The molecule has 82 valence electrons. The zero-order chi connectivity index (χ0) is 11.6. The Morgan fingerprint density at radius 3 is 2.00 bits per heavy atom. The van der Waals surface area contributed by atoms with E-state index in [1.807, 2.05) is 26.8 Å². The van der Waals surface area contributed by atoms with Crippen molar-refractivity contribution in [3.05, 3.63) is 32.7 Å². The van der Waals surface area contributed by atoms with Crippen molar-refractivity contribution < 1.29 is 9.53 Å². The highest BCUT2D eigenvalue weighted by Crippen LogP contribution is 2.22. The molecule has 2 nitrogen and oxygen atoms in total. The van der Waals surface area contributed by atoms with E-state index < -0.39 is 5.60 Å². The van der Waals surface area contributed by atoms with Crippen molar-refractivity contribution in [3.63, 3.8) is 0 Å². The molecule has 1 aromatic rings. The fourth-order valence-corrected chi connectivity index (χ4v) is 2.30. The Bertz CT molecular complexity index is 360. The first kappa shape index (κ1) is 12.7. The van der Waals surface area contributed by atoms with Gasteiger partial charge in [-0.15, -0.1) is 0 Å². The molecule has 0 unspecified atom stereocenters. The van der Waals surface area contributed by atoms with Crippen LogP contribution in [0, 0.1) is 0 Å². The topological polar surface area (TPSA) is 26.3 Å². The molecule has 1 aromatic carbocycles. The first-order chi connectivity index (χ1) is 6.78. The van der Waals surface area contributed by atoms with E-state index in [2.05, 4.69) is 31.9 Å². The zero-order valence-electron chi connectivity index (χ0n) is 8.80. The molecule has 0 saturated carbocycles. The number of carbonyl (C=O) groups is 1. The van der Waals surface area contributed by atoms with Gasteiger partial charge in [-0.2, -0.15) is 0 Å². The summed E-state index contributed by atoms with van der Waals surface area (Å²) >= 11 is 6.65. The monoisotopic (exact) mass is 334 g/mol.